The first-order valence-corrected chi connectivity index (χ1v) is 11.7. The molecule has 0 radical (unpaired) electrons. The molecule has 172 valence electrons. The Morgan fingerprint density at radius 1 is 1.00 bits per heavy atom. The van der Waals surface area contributed by atoms with Crippen molar-refractivity contribution >= 4 is 62.7 Å². The van der Waals surface area contributed by atoms with E-state index in [1.54, 1.807) is 55.5 Å². The van der Waals surface area contributed by atoms with Gasteiger partial charge in [-0.15, -0.1) is 11.3 Å². The molecular weight excluding hydrogens is 495 g/mol. The highest BCUT2D eigenvalue weighted by atomic mass is 35.5. The molecule has 0 unspecified atom stereocenters. The molecule has 1 heterocycles. The Bertz CT molecular complexity index is 1370. The van der Waals surface area contributed by atoms with Crippen LogP contribution in [-0.4, -0.2) is 24.2 Å². The van der Waals surface area contributed by atoms with Crippen LogP contribution in [-0.2, 0) is 4.79 Å². The van der Waals surface area contributed by atoms with E-state index in [4.69, 9.17) is 32.7 Å². The van der Waals surface area contributed by atoms with Gasteiger partial charge in [-0.25, -0.2) is 10.2 Å². The van der Waals surface area contributed by atoms with Crippen LogP contribution in [0.2, 0.25) is 10.0 Å². The lowest BCUT2D eigenvalue weighted by Gasteiger charge is -2.12. The number of hydrogen-bond acceptors (Lipinski definition) is 6. The number of carbonyl (C=O) groups excluding carboxylic acids is 2. The Morgan fingerprint density at radius 2 is 1.76 bits per heavy atom. The van der Waals surface area contributed by atoms with E-state index < -0.39 is 18.0 Å². The van der Waals surface area contributed by atoms with Crippen molar-refractivity contribution in [3.8, 4) is 11.5 Å². The predicted molar refractivity (Wildman–Crippen MR) is 136 cm³/mol. The summed E-state index contributed by atoms with van der Waals surface area (Å²) in [4.78, 5) is 25.1. The minimum Gasteiger partial charge on any atom is -0.481 e. The summed E-state index contributed by atoms with van der Waals surface area (Å²) in [6, 6.07) is 21.0. The van der Waals surface area contributed by atoms with Gasteiger partial charge in [-0.3, -0.25) is 4.79 Å². The maximum absolute atomic E-state index is 12.6. The van der Waals surface area contributed by atoms with Crippen molar-refractivity contribution in [1.82, 2.24) is 5.43 Å². The smallest absolute Gasteiger partial charge is 0.355 e. The van der Waals surface area contributed by atoms with Gasteiger partial charge in [0, 0.05) is 15.1 Å². The fourth-order valence-electron chi connectivity index (χ4n) is 2.98. The van der Waals surface area contributed by atoms with Crippen molar-refractivity contribution in [2.24, 2.45) is 5.10 Å². The van der Waals surface area contributed by atoms with Crippen LogP contribution in [0.25, 0.3) is 10.1 Å². The largest absolute Gasteiger partial charge is 0.481 e. The van der Waals surface area contributed by atoms with E-state index in [1.165, 1.54) is 17.6 Å². The number of esters is 1. The van der Waals surface area contributed by atoms with Gasteiger partial charge in [0.15, 0.2) is 6.10 Å². The highest BCUT2D eigenvalue weighted by Crippen LogP contribution is 2.35. The molecule has 0 fully saturated rings. The zero-order chi connectivity index (χ0) is 24.1. The zero-order valence-corrected chi connectivity index (χ0v) is 20.2. The molecule has 0 aliphatic heterocycles. The van der Waals surface area contributed by atoms with Crippen LogP contribution in [0.5, 0.6) is 11.5 Å². The lowest BCUT2D eigenvalue weighted by molar-refractivity contribution is -0.127. The van der Waals surface area contributed by atoms with E-state index in [9.17, 15) is 9.59 Å². The van der Waals surface area contributed by atoms with Crippen LogP contribution in [0.4, 0.5) is 0 Å². The van der Waals surface area contributed by atoms with Gasteiger partial charge in [0.25, 0.3) is 5.91 Å². The molecule has 0 saturated heterocycles. The predicted octanol–water partition coefficient (Wildman–Crippen LogP) is 6.34. The summed E-state index contributed by atoms with van der Waals surface area (Å²) in [6.07, 6.45) is 0.705. The van der Waals surface area contributed by atoms with Gasteiger partial charge in [0.1, 0.15) is 16.4 Å². The average molecular weight is 513 g/mol. The fourth-order valence-corrected chi connectivity index (χ4v) is 4.55. The molecule has 9 heteroatoms. The average Bonchev–Trinajstić information content (AvgIpc) is 3.17. The van der Waals surface area contributed by atoms with Gasteiger partial charge in [0.2, 0.25) is 0 Å². The Balaban J connectivity index is 1.32. The summed E-state index contributed by atoms with van der Waals surface area (Å²) in [5.41, 5.74) is 3.12. The number of carbonyl (C=O) groups is 2. The van der Waals surface area contributed by atoms with Crippen molar-refractivity contribution in [3.63, 3.8) is 0 Å². The molecule has 34 heavy (non-hydrogen) atoms. The summed E-state index contributed by atoms with van der Waals surface area (Å²) in [7, 11) is 0. The number of ether oxygens (including phenoxy) is 2. The molecule has 0 bridgehead atoms. The van der Waals surface area contributed by atoms with Crippen molar-refractivity contribution in [3.05, 3.63) is 93.3 Å². The standard InChI is InChI=1S/C25H18Cl2N2O4S/c1-15(32-19-6-4-5-17(26)13-19)24(30)29-28-14-16-9-11-18(12-10-16)33-25(31)23-22(27)20-7-2-3-8-21(20)34-23/h2-15H,1H3,(H,29,30)/b28-14-/t15-/m1/s1. The first kappa shape index (κ1) is 23.8. The second-order valence-electron chi connectivity index (χ2n) is 7.15. The van der Waals surface area contributed by atoms with E-state index in [-0.39, 0.29) is 0 Å². The van der Waals surface area contributed by atoms with Crippen molar-refractivity contribution in [1.29, 1.82) is 0 Å². The molecule has 1 amide bonds. The first-order valence-electron chi connectivity index (χ1n) is 10.1. The van der Waals surface area contributed by atoms with Crippen LogP contribution in [0.3, 0.4) is 0 Å². The monoisotopic (exact) mass is 512 g/mol. The molecule has 1 atom stereocenters. The van der Waals surface area contributed by atoms with Crippen LogP contribution in [0.1, 0.15) is 22.2 Å². The minimum absolute atomic E-state index is 0.352. The summed E-state index contributed by atoms with van der Waals surface area (Å²) in [5.74, 6) is -0.0833. The number of nitrogens with one attached hydrogen (secondary N) is 1. The zero-order valence-electron chi connectivity index (χ0n) is 17.8. The lowest BCUT2D eigenvalue weighted by Crippen LogP contribution is -2.33. The van der Waals surface area contributed by atoms with Crippen LogP contribution in [0, 0.1) is 0 Å². The molecule has 0 saturated carbocycles. The molecule has 1 N–H and O–H groups in total. The SMILES string of the molecule is C[C@@H](Oc1cccc(Cl)c1)C(=O)N/N=C\c1ccc(OC(=O)c2sc3ccccc3c2Cl)cc1. The van der Waals surface area contributed by atoms with E-state index >= 15 is 0 Å². The number of nitrogens with zero attached hydrogens (tertiary/aromatic N) is 1. The summed E-state index contributed by atoms with van der Waals surface area (Å²) >= 11 is 13.5. The van der Waals surface area contributed by atoms with Gasteiger partial charge in [-0.1, -0.05) is 47.5 Å². The normalized spacial score (nSPS) is 12.0. The fraction of sp³-hybridized carbons (Fsp3) is 0.0800. The number of hydrogen-bond donors (Lipinski definition) is 1. The third-order valence-electron chi connectivity index (χ3n) is 4.68. The molecule has 6 nitrogen and oxygen atoms in total. The maximum atomic E-state index is 12.6. The van der Waals surface area contributed by atoms with Crippen molar-refractivity contribution in [2.75, 3.05) is 0 Å². The van der Waals surface area contributed by atoms with E-state index in [2.05, 4.69) is 10.5 Å². The number of hydrazone groups is 1. The van der Waals surface area contributed by atoms with Crippen LogP contribution in [0.15, 0.2) is 77.9 Å². The Kier molecular flexibility index (Phi) is 7.47. The molecular formula is C25H18Cl2N2O4S. The van der Waals surface area contributed by atoms with Gasteiger partial charge in [-0.05, 0) is 61.0 Å². The van der Waals surface area contributed by atoms with Gasteiger partial charge >= 0.3 is 5.97 Å². The third kappa shape index (κ3) is 5.75. The second-order valence-corrected chi connectivity index (χ2v) is 9.02. The van der Waals surface area contributed by atoms with Crippen molar-refractivity contribution in [2.45, 2.75) is 13.0 Å². The number of fused-ring (bicyclic) bond motifs is 1. The molecule has 0 aliphatic rings. The maximum Gasteiger partial charge on any atom is 0.355 e. The summed E-state index contributed by atoms with van der Waals surface area (Å²) in [6.45, 7) is 1.61. The molecule has 0 spiro atoms. The molecule has 1 aromatic heterocycles. The first-order chi connectivity index (χ1) is 16.4. The van der Waals surface area contributed by atoms with Gasteiger partial charge in [0.05, 0.1) is 11.2 Å². The third-order valence-corrected chi connectivity index (χ3v) is 6.57. The van der Waals surface area contributed by atoms with Gasteiger partial charge < -0.3 is 9.47 Å². The minimum atomic E-state index is -0.766. The topological polar surface area (TPSA) is 77.0 Å². The summed E-state index contributed by atoms with van der Waals surface area (Å²) in [5, 5.41) is 5.67. The number of halogens is 2. The van der Waals surface area contributed by atoms with Crippen molar-refractivity contribution < 1.29 is 19.1 Å². The summed E-state index contributed by atoms with van der Waals surface area (Å²) < 4.78 is 11.9. The number of thiophene rings is 1. The molecule has 3 aromatic carbocycles. The Labute approximate surface area is 209 Å². The van der Waals surface area contributed by atoms with Gasteiger partial charge in [-0.2, -0.15) is 5.10 Å². The molecule has 4 aromatic rings. The van der Waals surface area contributed by atoms with Crippen LogP contribution < -0.4 is 14.9 Å². The highest BCUT2D eigenvalue weighted by molar-refractivity contribution is 7.21. The quantitative estimate of drug-likeness (QED) is 0.135. The molecule has 4 rings (SSSR count). The lowest BCUT2D eigenvalue weighted by atomic mass is 10.2. The second kappa shape index (κ2) is 10.7. The Morgan fingerprint density at radius 3 is 2.50 bits per heavy atom. The van der Waals surface area contributed by atoms with E-state index in [0.717, 1.165) is 10.1 Å². The van der Waals surface area contributed by atoms with E-state index in [1.807, 2.05) is 24.3 Å². The highest BCUT2D eigenvalue weighted by Gasteiger charge is 2.19. The van der Waals surface area contributed by atoms with E-state index in [0.29, 0.717) is 32.0 Å². The molecule has 0 aliphatic carbocycles. The number of benzene rings is 3. The number of amides is 1. The van der Waals surface area contributed by atoms with Crippen LogP contribution >= 0.6 is 34.5 Å². The number of rotatable bonds is 7. The Hall–Kier alpha value is -3.39.